The van der Waals surface area contributed by atoms with Crippen LogP contribution in [-0.4, -0.2) is 62.1 Å². The fraction of sp³-hybridized carbons (Fsp3) is 0.481. The molecular weight excluding hydrogens is 430 g/mol. The van der Waals surface area contributed by atoms with Crippen LogP contribution in [0.5, 0.6) is 11.5 Å². The molecule has 0 aromatic heterocycles. The summed E-state index contributed by atoms with van der Waals surface area (Å²) < 4.78 is 11.7. The molecule has 1 N–H and O–H groups in total. The van der Waals surface area contributed by atoms with E-state index >= 15 is 0 Å². The first-order valence-corrected chi connectivity index (χ1v) is 12.4. The lowest BCUT2D eigenvalue weighted by atomic mass is 9.95. The number of anilines is 1. The van der Waals surface area contributed by atoms with Crippen LogP contribution in [-0.2, 0) is 11.2 Å². The van der Waals surface area contributed by atoms with Gasteiger partial charge in [0.2, 0.25) is 5.91 Å². The fourth-order valence-corrected chi connectivity index (χ4v) is 5.38. The second-order valence-electron chi connectivity index (χ2n) is 9.35. The molecule has 7 heteroatoms. The van der Waals surface area contributed by atoms with Gasteiger partial charge in [0.15, 0.2) is 0 Å². The lowest BCUT2D eigenvalue weighted by Crippen LogP contribution is -2.50. The summed E-state index contributed by atoms with van der Waals surface area (Å²) in [4.78, 5) is 30.0. The minimum absolute atomic E-state index is 0.0333. The van der Waals surface area contributed by atoms with E-state index in [0.29, 0.717) is 30.8 Å². The predicted molar refractivity (Wildman–Crippen MR) is 131 cm³/mol. The number of hydrogen-bond acceptors (Lipinski definition) is 5. The summed E-state index contributed by atoms with van der Waals surface area (Å²) in [5, 5.41) is 3.34. The van der Waals surface area contributed by atoms with E-state index < -0.39 is 0 Å². The lowest BCUT2D eigenvalue weighted by molar-refractivity contribution is -0.119. The van der Waals surface area contributed by atoms with E-state index in [1.54, 1.807) is 7.11 Å². The Morgan fingerprint density at radius 3 is 2.53 bits per heavy atom. The van der Waals surface area contributed by atoms with E-state index in [2.05, 4.69) is 11.4 Å². The maximum absolute atomic E-state index is 13.3. The van der Waals surface area contributed by atoms with Gasteiger partial charge in [0.1, 0.15) is 17.6 Å². The topological polar surface area (TPSA) is 71.1 Å². The Kier molecular flexibility index (Phi) is 6.72. The number of methoxy groups -OCH3 is 1. The number of nitrogens with zero attached hydrogens (tertiary/aromatic N) is 2. The number of hydrogen-bond donors (Lipinski definition) is 1. The number of ether oxygens (including phenoxy) is 2. The van der Waals surface area contributed by atoms with Crippen LogP contribution in [0.1, 0.15) is 48.0 Å². The second kappa shape index (κ2) is 10.1. The van der Waals surface area contributed by atoms with Gasteiger partial charge in [-0.1, -0.05) is 18.2 Å². The summed E-state index contributed by atoms with van der Waals surface area (Å²) in [6.45, 7) is 3.16. The third-order valence-corrected chi connectivity index (χ3v) is 7.24. The van der Waals surface area contributed by atoms with Crippen molar-refractivity contribution in [2.75, 3.05) is 38.2 Å². The monoisotopic (exact) mass is 463 g/mol. The van der Waals surface area contributed by atoms with Gasteiger partial charge in [-0.05, 0) is 69.0 Å². The number of carbonyl (C=O) groups excluding carboxylic acids is 2. The number of likely N-dealkylation sites (tertiary alicyclic amines) is 1. The first-order valence-electron chi connectivity index (χ1n) is 12.4. The standard InChI is InChI=1S/C27H33N3O4/c1-33-25-18-22(34-21-10-14-28-15-11-21)7-8-23(25)27(32)29-16-12-20(13-17-29)30-24-5-3-2-4-19(24)6-9-26(30)31/h2-5,7-8,18,20-21,28H,6,9-17H2,1H3. The zero-order valence-corrected chi connectivity index (χ0v) is 19.8. The summed E-state index contributed by atoms with van der Waals surface area (Å²) in [5.41, 5.74) is 2.82. The second-order valence-corrected chi connectivity index (χ2v) is 9.35. The Morgan fingerprint density at radius 2 is 1.76 bits per heavy atom. The average molecular weight is 464 g/mol. The molecule has 2 amide bonds. The molecule has 0 unspecified atom stereocenters. The number of benzene rings is 2. The number of amides is 2. The maximum Gasteiger partial charge on any atom is 0.257 e. The molecule has 180 valence electrons. The molecule has 0 bridgehead atoms. The van der Waals surface area contributed by atoms with E-state index in [9.17, 15) is 9.59 Å². The van der Waals surface area contributed by atoms with Crippen LogP contribution < -0.4 is 19.7 Å². The summed E-state index contributed by atoms with van der Waals surface area (Å²) in [7, 11) is 1.59. The molecule has 0 radical (unpaired) electrons. The van der Waals surface area contributed by atoms with Crippen molar-refractivity contribution in [2.45, 2.75) is 50.7 Å². The van der Waals surface area contributed by atoms with Crippen LogP contribution >= 0.6 is 0 Å². The lowest BCUT2D eigenvalue weighted by Gasteiger charge is -2.41. The molecule has 2 saturated heterocycles. The normalized spacial score (nSPS) is 19.6. The Labute approximate surface area is 201 Å². The molecule has 34 heavy (non-hydrogen) atoms. The number of rotatable bonds is 5. The Morgan fingerprint density at radius 1 is 1.00 bits per heavy atom. The molecule has 3 aliphatic rings. The zero-order valence-electron chi connectivity index (χ0n) is 19.8. The van der Waals surface area contributed by atoms with E-state index in [-0.39, 0.29) is 24.0 Å². The van der Waals surface area contributed by atoms with E-state index in [0.717, 1.165) is 56.6 Å². The summed E-state index contributed by atoms with van der Waals surface area (Å²) in [6.07, 6.45) is 5.04. The van der Waals surface area contributed by atoms with Crippen molar-refractivity contribution in [3.8, 4) is 11.5 Å². The van der Waals surface area contributed by atoms with Gasteiger partial charge >= 0.3 is 0 Å². The largest absolute Gasteiger partial charge is 0.496 e. The molecule has 2 aromatic carbocycles. The number of carbonyl (C=O) groups is 2. The van der Waals surface area contributed by atoms with Crippen LogP contribution in [0.3, 0.4) is 0 Å². The maximum atomic E-state index is 13.3. The molecule has 2 aromatic rings. The van der Waals surface area contributed by atoms with Gasteiger partial charge in [-0.2, -0.15) is 0 Å². The molecule has 5 rings (SSSR count). The first kappa shape index (κ1) is 22.7. The number of aryl methyl sites for hydroxylation is 1. The van der Waals surface area contributed by atoms with Crippen LogP contribution in [0.25, 0.3) is 0 Å². The van der Waals surface area contributed by atoms with Gasteiger partial charge in [0.05, 0.1) is 12.7 Å². The van der Waals surface area contributed by atoms with E-state index in [4.69, 9.17) is 9.47 Å². The molecule has 2 fully saturated rings. The van der Waals surface area contributed by atoms with Gasteiger partial charge in [-0.25, -0.2) is 0 Å². The third kappa shape index (κ3) is 4.62. The molecule has 0 saturated carbocycles. The van der Waals surface area contributed by atoms with E-state index in [1.165, 1.54) is 5.56 Å². The number of piperidine rings is 2. The van der Waals surface area contributed by atoms with Crippen LogP contribution in [0, 0.1) is 0 Å². The highest BCUT2D eigenvalue weighted by atomic mass is 16.5. The minimum Gasteiger partial charge on any atom is -0.496 e. The molecular formula is C27H33N3O4. The Bertz CT molecular complexity index is 1040. The number of nitrogens with one attached hydrogen (secondary N) is 1. The van der Waals surface area contributed by atoms with Crippen molar-refractivity contribution in [3.63, 3.8) is 0 Å². The number of para-hydroxylation sites is 1. The highest BCUT2D eigenvalue weighted by Crippen LogP contribution is 2.33. The van der Waals surface area contributed by atoms with Gasteiger partial charge in [-0.3, -0.25) is 9.59 Å². The minimum atomic E-state index is -0.0333. The highest BCUT2D eigenvalue weighted by Gasteiger charge is 2.34. The SMILES string of the molecule is COc1cc(OC2CCNCC2)ccc1C(=O)N1CCC(N2C(=O)CCc3ccccc32)CC1. The van der Waals surface area contributed by atoms with Gasteiger partial charge in [0, 0.05) is 37.3 Å². The molecule has 7 nitrogen and oxygen atoms in total. The number of fused-ring (bicyclic) bond motifs is 1. The first-order chi connectivity index (χ1) is 16.6. The van der Waals surface area contributed by atoms with Crippen molar-refractivity contribution >= 4 is 17.5 Å². The molecule has 3 aliphatic heterocycles. The molecule has 0 spiro atoms. The van der Waals surface area contributed by atoms with Crippen LogP contribution in [0.2, 0.25) is 0 Å². The zero-order chi connectivity index (χ0) is 23.5. The Balaban J connectivity index is 1.25. The third-order valence-electron chi connectivity index (χ3n) is 7.24. The summed E-state index contributed by atoms with van der Waals surface area (Å²) in [6, 6.07) is 13.8. The van der Waals surface area contributed by atoms with Gasteiger partial charge in [-0.15, -0.1) is 0 Å². The van der Waals surface area contributed by atoms with Gasteiger partial charge in [0.25, 0.3) is 5.91 Å². The fourth-order valence-electron chi connectivity index (χ4n) is 5.38. The quantitative estimate of drug-likeness (QED) is 0.736. The van der Waals surface area contributed by atoms with Crippen molar-refractivity contribution in [1.82, 2.24) is 10.2 Å². The highest BCUT2D eigenvalue weighted by molar-refractivity contribution is 5.98. The summed E-state index contributed by atoms with van der Waals surface area (Å²) >= 11 is 0. The molecule has 0 atom stereocenters. The van der Waals surface area contributed by atoms with Gasteiger partial charge < -0.3 is 24.6 Å². The smallest absolute Gasteiger partial charge is 0.257 e. The Hall–Kier alpha value is -3.06. The average Bonchev–Trinajstić information content (AvgIpc) is 2.89. The van der Waals surface area contributed by atoms with Crippen LogP contribution in [0.4, 0.5) is 5.69 Å². The summed E-state index contributed by atoms with van der Waals surface area (Å²) in [5.74, 6) is 1.43. The van der Waals surface area contributed by atoms with Crippen molar-refractivity contribution in [2.24, 2.45) is 0 Å². The molecule has 0 aliphatic carbocycles. The van der Waals surface area contributed by atoms with E-state index in [1.807, 2.05) is 46.2 Å². The van der Waals surface area contributed by atoms with Crippen molar-refractivity contribution in [3.05, 3.63) is 53.6 Å². The molecule has 3 heterocycles. The van der Waals surface area contributed by atoms with Crippen molar-refractivity contribution < 1.29 is 19.1 Å². The van der Waals surface area contributed by atoms with Crippen LogP contribution in [0.15, 0.2) is 42.5 Å². The van der Waals surface area contributed by atoms with Crippen molar-refractivity contribution in [1.29, 1.82) is 0 Å². The predicted octanol–water partition coefficient (Wildman–Crippen LogP) is 3.41.